The molecule has 1 atom stereocenters. The highest BCUT2D eigenvalue weighted by Crippen LogP contribution is 2.26. The number of aryl methyl sites for hydroxylation is 1. The fourth-order valence-corrected chi connectivity index (χ4v) is 1.86. The Hall–Kier alpha value is -1.06. The molecule has 0 fully saturated rings. The number of hydrogen-bond acceptors (Lipinski definition) is 3. The van der Waals surface area contributed by atoms with E-state index in [-0.39, 0.29) is 6.61 Å². The number of unbranched alkanes of at least 4 members (excludes halogenated alkanes) is 3. The number of benzene rings is 1. The van der Waals surface area contributed by atoms with Crippen molar-refractivity contribution in [2.75, 3.05) is 13.2 Å². The molecule has 0 aliphatic heterocycles. The van der Waals surface area contributed by atoms with Crippen LogP contribution in [0.5, 0.6) is 5.75 Å². The molecule has 0 aliphatic rings. The highest BCUT2D eigenvalue weighted by Gasteiger charge is 2.08. The first-order chi connectivity index (χ1) is 8.65. The van der Waals surface area contributed by atoms with Crippen LogP contribution in [0.2, 0.25) is 0 Å². The van der Waals surface area contributed by atoms with Gasteiger partial charge in [-0.15, -0.1) is 0 Å². The van der Waals surface area contributed by atoms with Crippen molar-refractivity contribution in [3.8, 4) is 5.75 Å². The monoisotopic (exact) mass is 252 g/mol. The number of aliphatic hydroxyl groups is 2. The van der Waals surface area contributed by atoms with Crippen LogP contribution in [0.25, 0.3) is 0 Å². The number of ether oxygens (including phenoxy) is 1. The van der Waals surface area contributed by atoms with Gasteiger partial charge in [0.2, 0.25) is 0 Å². The van der Waals surface area contributed by atoms with E-state index in [2.05, 4.69) is 0 Å². The van der Waals surface area contributed by atoms with Gasteiger partial charge in [-0.2, -0.15) is 0 Å². The lowest BCUT2D eigenvalue weighted by Gasteiger charge is -2.14. The largest absolute Gasteiger partial charge is 0.493 e. The molecular weight excluding hydrogens is 228 g/mol. The lowest BCUT2D eigenvalue weighted by molar-refractivity contribution is 0.190. The molecule has 0 bridgehead atoms. The first-order valence-corrected chi connectivity index (χ1v) is 6.67. The molecule has 3 nitrogen and oxygen atoms in total. The SMILES string of the molecule is Cc1ccc([C@H](C)O)c(OCCCCCCO)c1. The maximum atomic E-state index is 9.66. The summed E-state index contributed by atoms with van der Waals surface area (Å²) in [5, 5.41) is 18.3. The molecular formula is C15H24O3. The number of hydrogen-bond donors (Lipinski definition) is 2. The van der Waals surface area contributed by atoms with E-state index in [1.807, 2.05) is 25.1 Å². The summed E-state index contributed by atoms with van der Waals surface area (Å²) in [4.78, 5) is 0. The molecule has 0 spiro atoms. The fraction of sp³-hybridized carbons (Fsp3) is 0.600. The van der Waals surface area contributed by atoms with E-state index >= 15 is 0 Å². The van der Waals surface area contributed by atoms with Crippen LogP contribution in [0, 0.1) is 6.92 Å². The third-order valence-corrected chi connectivity index (χ3v) is 2.93. The van der Waals surface area contributed by atoms with E-state index in [1.165, 1.54) is 0 Å². The average Bonchev–Trinajstić information content (AvgIpc) is 2.33. The maximum Gasteiger partial charge on any atom is 0.125 e. The molecule has 0 unspecified atom stereocenters. The molecule has 102 valence electrons. The standard InChI is InChI=1S/C15H24O3/c1-12-7-8-14(13(2)17)15(11-12)18-10-6-4-3-5-9-16/h7-8,11,13,16-17H,3-6,9-10H2,1-2H3/t13-/m0/s1. The van der Waals surface area contributed by atoms with Crippen LogP contribution in [0.15, 0.2) is 18.2 Å². The summed E-state index contributed by atoms with van der Waals surface area (Å²) < 4.78 is 5.74. The third kappa shape index (κ3) is 5.07. The molecule has 1 aromatic rings. The van der Waals surface area contributed by atoms with Gasteiger partial charge in [0, 0.05) is 12.2 Å². The summed E-state index contributed by atoms with van der Waals surface area (Å²) in [6, 6.07) is 5.87. The van der Waals surface area contributed by atoms with E-state index in [4.69, 9.17) is 9.84 Å². The summed E-state index contributed by atoms with van der Waals surface area (Å²) >= 11 is 0. The van der Waals surface area contributed by atoms with Crippen molar-refractivity contribution < 1.29 is 14.9 Å². The van der Waals surface area contributed by atoms with Gasteiger partial charge in [0.15, 0.2) is 0 Å². The molecule has 0 aliphatic carbocycles. The Morgan fingerprint density at radius 2 is 1.89 bits per heavy atom. The van der Waals surface area contributed by atoms with Gasteiger partial charge in [-0.1, -0.05) is 18.6 Å². The lowest BCUT2D eigenvalue weighted by atomic mass is 10.1. The molecule has 3 heteroatoms. The highest BCUT2D eigenvalue weighted by atomic mass is 16.5. The van der Waals surface area contributed by atoms with Gasteiger partial charge in [-0.3, -0.25) is 0 Å². The van der Waals surface area contributed by atoms with Gasteiger partial charge >= 0.3 is 0 Å². The van der Waals surface area contributed by atoms with Crippen molar-refractivity contribution >= 4 is 0 Å². The molecule has 1 rings (SSSR count). The van der Waals surface area contributed by atoms with Crippen molar-refractivity contribution in [1.82, 2.24) is 0 Å². The van der Waals surface area contributed by atoms with Crippen LogP contribution < -0.4 is 4.74 Å². The van der Waals surface area contributed by atoms with Crippen LogP contribution in [0.4, 0.5) is 0 Å². The van der Waals surface area contributed by atoms with Crippen molar-refractivity contribution in [3.05, 3.63) is 29.3 Å². The Morgan fingerprint density at radius 3 is 2.56 bits per heavy atom. The Balaban J connectivity index is 2.43. The van der Waals surface area contributed by atoms with E-state index < -0.39 is 6.10 Å². The van der Waals surface area contributed by atoms with Gasteiger partial charge in [0.25, 0.3) is 0 Å². The van der Waals surface area contributed by atoms with Gasteiger partial charge in [0.05, 0.1) is 12.7 Å². The maximum absolute atomic E-state index is 9.66. The van der Waals surface area contributed by atoms with Crippen LogP contribution in [-0.2, 0) is 0 Å². The minimum absolute atomic E-state index is 0.269. The van der Waals surface area contributed by atoms with Crippen LogP contribution in [-0.4, -0.2) is 23.4 Å². The minimum atomic E-state index is -0.505. The van der Waals surface area contributed by atoms with E-state index in [1.54, 1.807) is 6.92 Å². The van der Waals surface area contributed by atoms with Crippen molar-refractivity contribution in [1.29, 1.82) is 0 Å². The first kappa shape index (κ1) is 15.0. The zero-order valence-electron chi connectivity index (χ0n) is 11.4. The van der Waals surface area contributed by atoms with Crippen molar-refractivity contribution in [3.63, 3.8) is 0 Å². The number of rotatable bonds is 8. The third-order valence-electron chi connectivity index (χ3n) is 2.93. The Kier molecular flexibility index (Phi) is 6.76. The molecule has 0 saturated heterocycles. The van der Waals surface area contributed by atoms with Crippen molar-refractivity contribution in [2.24, 2.45) is 0 Å². The Bertz CT molecular complexity index is 348. The predicted octanol–water partition coefficient (Wildman–Crippen LogP) is 2.98. The van der Waals surface area contributed by atoms with Crippen LogP contribution >= 0.6 is 0 Å². The highest BCUT2D eigenvalue weighted by molar-refractivity contribution is 5.38. The van der Waals surface area contributed by atoms with E-state index in [9.17, 15) is 5.11 Å². The molecule has 0 amide bonds. The molecule has 0 aromatic heterocycles. The van der Waals surface area contributed by atoms with Gasteiger partial charge < -0.3 is 14.9 Å². The van der Waals surface area contributed by atoms with Gasteiger partial charge in [-0.05, 0) is 44.7 Å². The first-order valence-electron chi connectivity index (χ1n) is 6.67. The lowest BCUT2D eigenvalue weighted by Crippen LogP contribution is -2.03. The molecule has 18 heavy (non-hydrogen) atoms. The second kappa shape index (κ2) is 8.11. The molecule has 2 N–H and O–H groups in total. The summed E-state index contributed by atoms with van der Waals surface area (Å²) in [5.41, 5.74) is 1.98. The fourth-order valence-electron chi connectivity index (χ4n) is 1.86. The van der Waals surface area contributed by atoms with Gasteiger partial charge in [-0.25, -0.2) is 0 Å². The predicted molar refractivity (Wildman–Crippen MR) is 72.9 cm³/mol. The second-order valence-corrected chi connectivity index (χ2v) is 4.70. The second-order valence-electron chi connectivity index (χ2n) is 4.70. The zero-order chi connectivity index (χ0) is 13.4. The smallest absolute Gasteiger partial charge is 0.125 e. The number of aliphatic hydroxyl groups excluding tert-OH is 2. The minimum Gasteiger partial charge on any atom is -0.493 e. The topological polar surface area (TPSA) is 49.7 Å². The quantitative estimate of drug-likeness (QED) is 0.699. The summed E-state index contributed by atoms with van der Waals surface area (Å²) in [6.07, 6.45) is 3.44. The molecule has 0 radical (unpaired) electrons. The molecule has 1 aromatic carbocycles. The van der Waals surface area contributed by atoms with Crippen molar-refractivity contribution in [2.45, 2.75) is 45.6 Å². The summed E-state index contributed by atoms with van der Waals surface area (Å²) in [6.45, 7) is 4.69. The molecule has 0 heterocycles. The zero-order valence-corrected chi connectivity index (χ0v) is 11.4. The summed E-state index contributed by atoms with van der Waals surface area (Å²) in [5.74, 6) is 0.784. The van der Waals surface area contributed by atoms with E-state index in [0.717, 1.165) is 42.6 Å². The van der Waals surface area contributed by atoms with Crippen LogP contribution in [0.1, 0.15) is 49.8 Å². The average molecular weight is 252 g/mol. The van der Waals surface area contributed by atoms with Crippen LogP contribution in [0.3, 0.4) is 0 Å². The molecule has 0 saturated carbocycles. The van der Waals surface area contributed by atoms with Gasteiger partial charge in [0.1, 0.15) is 5.75 Å². The Morgan fingerprint density at radius 1 is 1.17 bits per heavy atom. The summed E-state index contributed by atoms with van der Waals surface area (Å²) in [7, 11) is 0. The Labute approximate surface area is 109 Å². The normalized spacial score (nSPS) is 12.4. The van der Waals surface area contributed by atoms with E-state index in [0.29, 0.717) is 6.61 Å².